The standard InChI is InChI=1S/C24H20N2O6S/c25-15-7-5-11-19(23(15)27)31-17-9-1-3-13-21(17)33(29,30)22-14-4-2-10-18(22)32-20-12-6-8-16(26)24(20)28/h1-14,27-28H,25-26H2. The molecule has 33 heavy (non-hydrogen) atoms. The van der Waals surface area contributed by atoms with Crippen molar-refractivity contribution in [3.05, 3.63) is 84.9 Å². The second-order valence-electron chi connectivity index (χ2n) is 6.99. The Labute approximate surface area is 190 Å². The van der Waals surface area contributed by atoms with Crippen molar-refractivity contribution in [3.8, 4) is 34.5 Å². The van der Waals surface area contributed by atoms with Crippen molar-refractivity contribution >= 4 is 21.2 Å². The number of phenolic OH excluding ortho intramolecular Hbond substituents is 2. The Hall–Kier alpha value is -4.37. The normalized spacial score (nSPS) is 11.2. The molecule has 4 aromatic rings. The summed E-state index contributed by atoms with van der Waals surface area (Å²) in [7, 11) is -4.16. The molecule has 0 fully saturated rings. The van der Waals surface area contributed by atoms with E-state index in [0.29, 0.717) is 0 Å². The van der Waals surface area contributed by atoms with Crippen LogP contribution in [0.3, 0.4) is 0 Å². The molecule has 0 spiro atoms. The van der Waals surface area contributed by atoms with E-state index in [4.69, 9.17) is 20.9 Å². The van der Waals surface area contributed by atoms with Gasteiger partial charge in [-0.3, -0.25) is 0 Å². The number of phenols is 2. The van der Waals surface area contributed by atoms with Gasteiger partial charge in [0.1, 0.15) is 21.3 Å². The summed E-state index contributed by atoms with van der Waals surface area (Å²) < 4.78 is 38.7. The molecular formula is C24H20N2O6S. The molecule has 0 aliphatic heterocycles. The number of ether oxygens (including phenoxy) is 2. The topological polar surface area (TPSA) is 145 Å². The van der Waals surface area contributed by atoms with Crippen LogP contribution in [0, 0.1) is 0 Å². The van der Waals surface area contributed by atoms with Gasteiger partial charge >= 0.3 is 0 Å². The zero-order valence-electron chi connectivity index (χ0n) is 17.2. The molecule has 0 atom stereocenters. The largest absolute Gasteiger partial charge is 0.503 e. The Balaban J connectivity index is 1.78. The Morgan fingerprint density at radius 2 is 0.909 bits per heavy atom. The lowest BCUT2D eigenvalue weighted by atomic mass is 10.2. The van der Waals surface area contributed by atoms with E-state index < -0.39 is 9.84 Å². The molecule has 4 rings (SSSR count). The van der Waals surface area contributed by atoms with E-state index in [9.17, 15) is 18.6 Å². The molecule has 8 nitrogen and oxygen atoms in total. The zero-order valence-corrected chi connectivity index (χ0v) is 18.0. The molecule has 0 bridgehead atoms. The van der Waals surface area contributed by atoms with Gasteiger partial charge in [0.15, 0.2) is 23.0 Å². The van der Waals surface area contributed by atoms with E-state index in [2.05, 4.69) is 0 Å². The molecule has 0 aliphatic rings. The van der Waals surface area contributed by atoms with Crippen molar-refractivity contribution in [1.29, 1.82) is 0 Å². The Morgan fingerprint density at radius 3 is 1.33 bits per heavy atom. The van der Waals surface area contributed by atoms with Gasteiger partial charge < -0.3 is 31.2 Å². The van der Waals surface area contributed by atoms with Crippen LogP contribution in [0.15, 0.2) is 94.7 Å². The summed E-state index contributed by atoms with van der Waals surface area (Å²) in [6, 6.07) is 21.0. The average Bonchev–Trinajstić information content (AvgIpc) is 2.80. The van der Waals surface area contributed by atoms with Crippen molar-refractivity contribution in [2.24, 2.45) is 0 Å². The quantitative estimate of drug-likeness (QED) is 0.238. The first-order chi connectivity index (χ1) is 15.8. The molecule has 0 amide bonds. The van der Waals surface area contributed by atoms with Crippen molar-refractivity contribution < 1.29 is 28.1 Å². The molecule has 0 heterocycles. The Bertz CT molecular complexity index is 1330. The number of hydrogen-bond donors (Lipinski definition) is 4. The predicted molar refractivity (Wildman–Crippen MR) is 124 cm³/mol. The van der Waals surface area contributed by atoms with E-state index in [0.717, 1.165) is 0 Å². The third kappa shape index (κ3) is 4.21. The molecule has 6 N–H and O–H groups in total. The predicted octanol–water partition coefficient (Wildman–Crippen LogP) is 4.68. The first-order valence-electron chi connectivity index (χ1n) is 9.73. The van der Waals surface area contributed by atoms with Crippen molar-refractivity contribution in [1.82, 2.24) is 0 Å². The van der Waals surface area contributed by atoms with Crippen LogP contribution < -0.4 is 20.9 Å². The third-order valence-electron chi connectivity index (χ3n) is 4.78. The number of hydrogen-bond acceptors (Lipinski definition) is 8. The van der Waals surface area contributed by atoms with Gasteiger partial charge in [0.2, 0.25) is 9.84 Å². The van der Waals surface area contributed by atoms with E-state index in [1.165, 1.54) is 48.5 Å². The highest BCUT2D eigenvalue weighted by atomic mass is 32.2. The number of anilines is 2. The summed E-state index contributed by atoms with van der Waals surface area (Å²) in [5.74, 6) is -0.616. The molecule has 0 saturated heterocycles. The van der Waals surface area contributed by atoms with Crippen molar-refractivity contribution in [2.45, 2.75) is 9.79 Å². The van der Waals surface area contributed by atoms with Gasteiger partial charge in [-0.05, 0) is 48.5 Å². The lowest BCUT2D eigenvalue weighted by Crippen LogP contribution is -2.06. The minimum atomic E-state index is -4.16. The molecule has 0 unspecified atom stereocenters. The summed E-state index contributed by atoms with van der Waals surface area (Å²) >= 11 is 0. The Morgan fingerprint density at radius 1 is 0.545 bits per heavy atom. The minimum Gasteiger partial charge on any atom is -0.503 e. The molecular weight excluding hydrogens is 444 g/mol. The van der Waals surface area contributed by atoms with E-state index >= 15 is 0 Å². The number of nitrogen functional groups attached to an aromatic ring is 2. The van der Waals surface area contributed by atoms with Gasteiger partial charge in [0.25, 0.3) is 0 Å². The maximum atomic E-state index is 13.6. The van der Waals surface area contributed by atoms with Gasteiger partial charge in [-0.15, -0.1) is 0 Å². The molecule has 0 aromatic heterocycles. The van der Waals surface area contributed by atoms with E-state index in [1.807, 2.05) is 0 Å². The fourth-order valence-corrected chi connectivity index (χ4v) is 4.61. The van der Waals surface area contributed by atoms with Crippen LogP contribution in [0.1, 0.15) is 0 Å². The van der Waals surface area contributed by atoms with Crippen LogP contribution in [0.25, 0.3) is 0 Å². The zero-order chi connectivity index (χ0) is 23.6. The van der Waals surface area contributed by atoms with Gasteiger partial charge in [-0.2, -0.15) is 0 Å². The second kappa shape index (κ2) is 8.64. The van der Waals surface area contributed by atoms with E-state index in [1.54, 1.807) is 36.4 Å². The molecule has 168 valence electrons. The Kier molecular flexibility index (Phi) is 5.72. The fourth-order valence-electron chi connectivity index (χ4n) is 3.11. The van der Waals surface area contributed by atoms with Crippen LogP contribution in [0.4, 0.5) is 11.4 Å². The lowest BCUT2D eigenvalue weighted by Gasteiger charge is -2.16. The SMILES string of the molecule is Nc1cccc(Oc2ccccc2S(=O)(=O)c2ccccc2Oc2cccc(N)c2O)c1O. The number of para-hydroxylation sites is 4. The van der Waals surface area contributed by atoms with Crippen molar-refractivity contribution in [2.75, 3.05) is 11.5 Å². The molecule has 9 heteroatoms. The number of sulfone groups is 1. The molecule has 0 aliphatic carbocycles. The summed E-state index contributed by atoms with van der Waals surface area (Å²) in [5, 5.41) is 20.3. The average molecular weight is 464 g/mol. The van der Waals surface area contributed by atoms with Crippen LogP contribution in [-0.2, 0) is 9.84 Å². The fraction of sp³-hybridized carbons (Fsp3) is 0. The monoisotopic (exact) mass is 464 g/mol. The maximum Gasteiger partial charge on any atom is 0.213 e. The second-order valence-corrected chi connectivity index (χ2v) is 8.88. The minimum absolute atomic E-state index is 0.00636. The number of nitrogens with two attached hydrogens (primary N) is 2. The molecule has 0 radical (unpaired) electrons. The lowest BCUT2D eigenvalue weighted by molar-refractivity contribution is 0.404. The molecule has 0 saturated carbocycles. The van der Waals surface area contributed by atoms with Crippen LogP contribution >= 0.6 is 0 Å². The highest BCUT2D eigenvalue weighted by molar-refractivity contribution is 7.91. The van der Waals surface area contributed by atoms with Gasteiger partial charge in [0, 0.05) is 0 Å². The summed E-state index contributed by atoms with van der Waals surface area (Å²) in [6.07, 6.45) is 0. The smallest absolute Gasteiger partial charge is 0.213 e. The highest BCUT2D eigenvalue weighted by Crippen LogP contribution is 2.42. The first-order valence-corrected chi connectivity index (χ1v) is 11.2. The van der Waals surface area contributed by atoms with Crippen LogP contribution in [0.5, 0.6) is 34.5 Å². The van der Waals surface area contributed by atoms with Crippen LogP contribution in [0.2, 0.25) is 0 Å². The van der Waals surface area contributed by atoms with Gasteiger partial charge in [-0.25, -0.2) is 8.42 Å². The summed E-state index contributed by atoms with van der Waals surface area (Å²) in [5.41, 5.74) is 11.6. The van der Waals surface area contributed by atoms with Crippen LogP contribution in [-0.4, -0.2) is 18.6 Å². The third-order valence-corrected chi connectivity index (χ3v) is 6.61. The summed E-state index contributed by atoms with van der Waals surface area (Å²) in [6.45, 7) is 0. The highest BCUT2D eigenvalue weighted by Gasteiger charge is 2.27. The summed E-state index contributed by atoms with van der Waals surface area (Å²) in [4.78, 5) is -0.306. The maximum absolute atomic E-state index is 13.6. The number of aromatic hydroxyl groups is 2. The van der Waals surface area contributed by atoms with E-state index in [-0.39, 0.29) is 55.7 Å². The molecule has 4 aromatic carbocycles. The van der Waals surface area contributed by atoms with Gasteiger partial charge in [-0.1, -0.05) is 36.4 Å². The van der Waals surface area contributed by atoms with Crippen molar-refractivity contribution in [3.63, 3.8) is 0 Å². The number of benzene rings is 4. The number of rotatable bonds is 6. The first kappa shape index (κ1) is 21.8. The van der Waals surface area contributed by atoms with Gasteiger partial charge in [0.05, 0.1) is 11.4 Å².